The third kappa shape index (κ3) is 2.28. The van der Waals surface area contributed by atoms with Gasteiger partial charge in [-0.3, -0.25) is 4.98 Å². The van der Waals surface area contributed by atoms with Crippen molar-refractivity contribution in [2.75, 3.05) is 12.8 Å². The van der Waals surface area contributed by atoms with Crippen molar-refractivity contribution in [1.82, 2.24) is 4.98 Å². The fourth-order valence-electron chi connectivity index (χ4n) is 1.95. The molecule has 1 heterocycles. The van der Waals surface area contributed by atoms with E-state index in [1.165, 1.54) is 0 Å². The second kappa shape index (κ2) is 5.06. The Kier molecular flexibility index (Phi) is 3.48. The minimum absolute atomic E-state index is 0.275. The molecule has 0 spiro atoms. The molecule has 0 aliphatic heterocycles. The van der Waals surface area contributed by atoms with Gasteiger partial charge in [0.15, 0.2) is 0 Å². The molecule has 0 aliphatic rings. The topological polar surface area (TPSA) is 74.2 Å². The van der Waals surface area contributed by atoms with Gasteiger partial charge in [-0.15, -0.1) is 0 Å². The second-order valence-corrected chi connectivity index (χ2v) is 4.21. The van der Waals surface area contributed by atoms with Crippen LogP contribution in [0.25, 0.3) is 0 Å². The minimum atomic E-state index is -0.275. The van der Waals surface area contributed by atoms with Gasteiger partial charge in [0.2, 0.25) is 0 Å². The highest BCUT2D eigenvalue weighted by atomic mass is 16.5. The summed E-state index contributed by atoms with van der Waals surface area (Å²) in [6.45, 7) is 1.99. The van der Waals surface area contributed by atoms with E-state index in [9.17, 15) is 0 Å². The molecule has 2 aromatic rings. The van der Waals surface area contributed by atoms with Gasteiger partial charge in [0.1, 0.15) is 5.75 Å². The van der Waals surface area contributed by atoms with E-state index in [0.29, 0.717) is 5.69 Å². The molecule has 1 aromatic heterocycles. The van der Waals surface area contributed by atoms with Crippen LogP contribution in [0.1, 0.15) is 22.7 Å². The third-order valence-electron chi connectivity index (χ3n) is 3.00. The van der Waals surface area contributed by atoms with Crippen LogP contribution in [-0.4, -0.2) is 12.1 Å². The van der Waals surface area contributed by atoms with Crippen molar-refractivity contribution in [3.05, 3.63) is 53.3 Å². The van der Waals surface area contributed by atoms with E-state index < -0.39 is 0 Å². The Morgan fingerprint density at radius 3 is 2.67 bits per heavy atom. The van der Waals surface area contributed by atoms with E-state index in [0.717, 1.165) is 22.4 Å². The standard InChI is InChI=1S/C14H17N3O/c1-9-7-10(3-4-13(9)18-2)14(16)11-8-17-6-5-12(11)15/h3-8,14H,16H2,1-2H3,(H2,15,17). The summed E-state index contributed by atoms with van der Waals surface area (Å²) in [6, 6.07) is 7.35. The summed E-state index contributed by atoms with van der Waals surface area (Å²) in [6.07, 6.45) is 3.37. The van der Waals surface area contributed by atoms with Crippen LogP contribution in [0.3, 0.4) is 0 Å². The third-order valence-corrected chi connectivity index (χ3v) is 3.00. The highest BCUT2D eigenvalue weighted by Crippen LogP contribution is 2.27. The Hall–Kier alpha value is -2.07. The number of rotatable bonds is 3. The Balaban J connectivity index is 2.37. The lowest BCUT2D eigenvalue weighted by Crippen LogP contribution is -2.14. The maximum Gasteiger partial charge on any atom is 0.121 e. The number of ether oxygens (including phenoxy) is 1. The first kappa shape index (κ1) is 12.4. The van der Waals surface area contributed by atoms with E-state index in [1.807, 2.05) is 25.1 Å². The molecule has 1 atom stereocenters. The van der Waals surface area contributed by atoms with Gasteiger partial charge >= 0.3 is 0 Å². The molecule has 1 unspecified atom stereocenters. The zero-order valence-corrected chi connectivity index (χ0v) is 10.6. The lowest BCUT2D eigenvalue weighted by atomic mass is 9.98. The number of nitrogens with zero attached hydrogens (tertiary/aromatic N) is 1. The van der Waals surface area contributed by atoms with Gasteiger partial charge in [0.05, 0.1) is 13.2 Å². The van der Waals surface area contributed by atoms with Gasteiger partial charge in [-0.1, -0.05) is 12.1 Å². The number of aryl methyl sites for hydroxylation is 1. The van der Waals surface area contributed by atoms with Crippen molar-refractivity contribution in [2.24, 2.45) is 5.73 Å². The predicted molar refractivity (Wildman–Crippen MR) is 72.4 cm³/mol. The molecule has 0 aliphatic carbocycles. The first-order valence-electron chi connectivity index (χ1n) is 5.73. The van der Waals surface area contributed by atoms with Crippen LogP contribution in [0.15, 0.2) is 36.7 Å². The molecule has 18 heavy (non-hydrogen) atoms. The Labute approximate surface area is 107 Å². The molecular weight excluding hydrogens is 226 g/mol. The molecule has 1 aromatic carbocycles. The Bertz CT molecular complexity index is 554. The van der Waals surface area contributed by atoms with E-state index in [2.05, 4.69) is 4.98 Å². The SMILES string of the molecule is COc1ccc(C(N)c2cnccc2N)cc1C. The monoisotopic (exact) mass is 243 g/mol. The molecular formula is C14H17N3O. The molecule has 4 N–H and O–H groups in total. The average Bonchev–Trinajstić information content (AvgIpc) is 2.38. The number of aromatic nitrogens is 1. The molecule has 2 rings (SSSR count). The lowest BCUT2D eigenvalue weighted by molar-refractivity contribution is 0.411. The average molecular weight is 243 g/mol. The summed E-state index contributed by atoms with van der Waals surface area (Å²) in [5.41, 5.74) is 15.7. The fraction of sp³-hybridized carbons (Fsp3) is 0.214. The zero-order valence-electron chi connectivity index (χ0n) is 10.6. The van der Waals surface area contributed by atoms with Gasteiger partial charge < -0.3 is 16.2 Å². The van der Waals surface area contributed by atoms with E-state index in [1.54, 1.807) is 25.6 Å². The van der Waals surface area contributed by atoms with E-state index in [4.69, 9.17) is 16.2 Å². The van der Waals surface area contributed by atoms with Crippen molar-refractivity contribution in [3.63, 3.8) is 0 Å². The largest absolute Gasteiger partial charge is 0.496 e. The van der Waals surface area contributed by atoms with Crippen molar-refractivity contribution >= 4 is 5.69 Å². The number of methoxy groups -OCH3 is 1. The van der Waals surface area contributed by atoms with E-state index in [-0.39, 0.29) is 6.04 Å². The molecule has 0 amide bonds. The van der Waals surface area contributed by atoms with Gasteiger partial charge in [-0.25, -0.2) is 0 Å². The first-order chi connectivity index (χ1) is 8.63. The number of pyridine rings is 1. The fourth-order valence-corrected chi connectivity index (χ4v) is 1.95. The number of hydrogen-bond acceptors (Lipinski definition) is 4. The van der Waals surface area contributed by atoms with Gasteiger partial charge in [0, 0.05) is 23.6 Å². The number of anilines is 1. The summed E-state index contributed by atoms with van der Waals surface area (Å²) < 4.78 is 5.23. The highest BCUT2D eigenvalue weighted by molar-refractivity contribution is 5.50. The second-order valence-electron chi connectivity index (χ2n) is 4.21. The maximum absolute atomic E-state index is 6.22. The Morgan fingerprint density at radius 1 is 1.28 bits per heavy atom. The number of nitrogens with two attached hydrogens (primary N) is 2. The predicted octanol–water partition coefficient (Wildman–Crippen LogP) is 2.03. The molecule has 0 saturated carbocycles. The van der Waals surface area contributed by atoms with Crippen molar-refractivity contribution in [1.29, 1.82) is 0 Å². The summed E-state index contributed by atoms with van der Waals surface area (Å²) in [7, 11) is 1.65. The van der Waals surface area contributed by atoms with Crippen molar-refractivity contribution in [2.45, 2.75) is 13.0 Å². The smallest absolute Gasteiger partial charge is 0.121 e. The molecule has 0 bridgehead atoms. The summed E-state index contributed by atoms with van der Waals surface area (Å²) in [4.78, 5) is 4.06. The normalized spacial score (nSPS) is 12.2. The first-order valence-corrected chi connectivity index (χ1v) is 5.73. The lowest BCUT2D eigenvalue weighted by Gasteiger charge is -2.16. The maximum atomic E-state index is 6.22. The van der Waals surface area contributed by atoms with Crippen LogP contribution < -0.4 is 16.2 Å². The molecule has 0 saturated heterocycles. The summed E-state index contributed by atoms with van der Waals surface area (Å²) in [5.74, 6) is 0.852. The van der Waals surface area contributed by atoms with Crippen LogP contribution >= 0.6 is 0 Å². The summed E-state index contributed by atoms with van der Waals surface area (Å²) in [5, 5.41) is 0. The van der Waals surface area contributed by atoms with Gasteiger partial charge in [-0.2, -0.15) is 0 Å². The van der Waals surface area contributed by atoms with Crippen LogP contribution in [0.2, 0.25) is 0 Å². The molecule has 4 heteroatoms. The number of benzene rings is 1. The van der Waals surface area contributed by atoms with Crippen LogP contribution in [-0.2, 0) is 0 Å². The Morgan fingerprint density at radius 2 is 2.06 bits per heavy atom. The van der Waals surface area contributed by atoms with E-state index >= 15 is 0 Å². The number of nitrogen functional groups attached to an aromatic ring is 1. The van der Waals surface area contributed by atoms with Crippen molar-refractivity contribution < 1.29 is 4.74 Å². The van der Waals surface area contributed by atoms with Gasteiger partial charge in [-0.05, 0) is 30.2 Å². The number of hydrogen-bond donors (Lipinski definition) is 2. The molecule has 0 fully saturated rings. The van der Waals surface area contributed by atoms with Gasteiger partial charge in [0.25, 0.3) is 0 Å². The van der Waals surface area contributed by atoms with Crippen LogP contribution in [0.5, 0.6) is 5.75 Å². The van der Waals surface area contributed by atoms with Crippen LogP contribution in [0.4, 0.5) is 5.69 Å². The quantitative estimate of drug-likeness (QED) is 0.865. The molecule has 4 nitrogen and oxygen atoms in total. The highest BCUT2D eigenvalue weighted by Gasteiger charge is 2.13. The zero-order chi connectivity index (χ0) is 13.1. The molecule has 94 valence electrons. The minimum Gasteiger partial charge on any atom is -0.496 e. The summed E-state index contributed by atoms with van der Waals surface area (Å²) >= 11 is 0. The molecule has 0 radical (unpaired) electrons. The van der Waals surface area contributed by atoms with Crippen LogP contribution in [0, 0.1) is 6.92 Å². The van der Waals surface area contributed by atoms with Crippen molar-refractivity contribution in [3.8, 4) is 5.75 Å².